The van der Waals surface area contributed by atoms with Crippen LogP contribution < -0.4 is 87.4 Å². The number of fused-ring (bicyclic) bond motifs is 17. The third-order valence-corrected chi connectivity index (χ3v) is 16.3. The number of rotatable bonds is 4. The van der Waals surface area contributed by atoms with Crippen molar-refractivity contribution in [1.29, 1.82) is 0 Å². The fourth-order valence-corrected chi connectivity index (χ4v) is 12.6. The molecule has 32 radical (unpaired) electrons. The summed E-state index contributed by atoms with van der Waals surface area (Å²) in [6.07, 6.45) is 0. The second kappa shape index (κ2) is 17.3. The van der Waals surface area contributed by atoms with Crippen LogP contribution in [0.3, 0.4) is 0 Å². The number of benzene rings is 9. The Morgan fingerprint density at radius 2 is 0.734 bits per heavy atom. The summed E-state index contributed by atoms with van der Waals surface area (Å²) in [6.45, 7) is 0. The van der Waals surface area contributed by atoms with Crippen molar-refractivity contribution in [2.45, 2.75) is 5.41 Å². The smallest absolute Gasteiger partial charge is 0.238 e. The molecule has 3 aromatic heterocycles. The molecule has 5 nitrogen and oxygen atoms in total. The first-order valence-corrected chi connectivity index (χ1v) is 24.8. The van der Waals surface area contributed by atoms with Crippen LogP contribution in [0.2, 0.25) is 0 Å². The van der Waals surface area contributed by atoms with Crippen LogP contribution in [0.4, 0.5) is 0 Å². The molecule has 9 aromatic carbocycles. The van der Waals surface area contributed by atoms with E-state index in [1.165, 1.54) is 0 Å². The second-order valence-corrected chi connectivity index (χ2v) is 20.0. The molecule has 2 aliphatic rings. The van der Waals surface area contributed by atoms with Crippen LogP contribution in [0, 0.1) is 0 Å². The molecule has 12 aromatic rings. The highest BCUT2D eigenvalue weighted by Crippen LogP contribution is 2.64. The zero-order valence-corrected chi connectivity index (χ0v) is 41.8. The van der Waals surface area contributed by atoms with Crippen LogP contribution in [-0.2, 0) is 5.41 Å². The molecule has 0 atom stereocenters. The maximum Gasteiger partial charge on any atom is 0.238 e. The van der Waals surface area contributed by atoms with E-state index < -0.39 is 5.41 Å². The van der Waals surface area contributed by atoms with Gasteiger partial charge < -0.3 is 4.42 Å². The lowest BCUT2D eigenvalue weighted by atomic mass is 9.56. The van der Waals surface area contributed by atoms with Gasteiger partial charge in [-0.1, -0.05) is 158 Å². The molecule has 79 heavy (non-hydrogen) atoms. The highest BCUT2D eigenvalue weighted by Gasteiger charge is 2.52. The molecule has 1 spiro atoms. The first-order valence-electron chi connectivity index (χ1n) is 24.8. The van der Waals surface area contributed by atoms with Crippen molar-refractivity contribution in [2.75, 3.05) is 0 Å². The fourth-order valence-electron chi connectivity index (χ4n) is 12.6. The van der Waals surface area contributed by atoms with Crippen molar-refractivity contribution in [3.8, 4) is 62.1 Å². The Hall–Kier alpha value is -7.37. The van der Waals surface area contributed by atoms with Crippen molar-refractivity contribution >= 4 is 257 Å². The summed E-state index contributed by atoms with van der Waals surface area (Å²) in [5.41, 5.74) is 9.07. The highest BCUT2D eigenvalue weighted by molar-refractivity contribution is 6.72. The van der Waals surface area contributed by atoms with Crippen molar-refractivity contribution in [3.05, 3.63) is 131 Å². The van der Waals surface area contributed by atoms with Gasteiger partial charge in [-0.25, -0.2) is 4.98 Å². The van der Waals surface area contributed by atoms with Gasteiger partial charge in [0.2, 0.25) is 5.95 Å². The van der Waals surface area contributed by atoms with E-state index in [9.17, 15) is 0 Å². The maximum absolute atomic E-state index is 7.15. The molecule has 0 bridgehead atoms. The Kier molecular flexibility index (Phi) is 10.9. The summed E-state index contributed by atoms with van der Waals surface area (Å²) >= 11 is 0. The lowest BCUT2D eigenvalue weighted by molar-refractivity contribution is 0.673. The predicted octanol–water partition coefficient (Wildman–Crippen LogP) is -5.09. The fraction of sp³-hybridized carbons (Fsp3) is 0.0172. The van der Waals surface area contributed by atoms with Crippen LogP contribution in [-0.4, -0.2) is 145 Å². The molecule has 14 rings (SSSR count). The maximum atomic E-state index is 7.15. The second-order valence-electron chi connectivity index (χ2n) is 20.0. The van der Waals surface area contributed by atoms with Gasteiger partial charge in [0.15, 0.2) is 11.6 Å². The predicted molar refractivity (Wildman–Crippen MR) is 340 cm³/mol. The van der Waals surface area contributed by atoms with Gasteiger partial charge >= 0.3 is 0 Å². The molecule has 0 amide bonds. The average molecular weight is 960 g/mol. The third kappa shape index (κ3) is 6.31. The van der Waals surface area contributed by atoms with E-state index in [1.54, 1.807) is 0 Å². The standard InChI is InChI=1S/C58H18B16N4O/c59-36-30(31-38(61)46(69)49(72)47(70)39(31)62)37(60)43(66)34(42(36)65)55-75-56(35-44(67)45(68)40(63)32-33-41(64)48(71)50(73)51(74)54(33)79-53(32)35)77-57(76-55)78-28-16-8-4-11-21(28)22-17-18-27-29(52(22)78)23-12-3-7-15-26(23)58(27)24-13-5-1-9-19(24)20-10-2-6-14-25(20)58/h1-18H. The van der Waals surface area contributed by atoms with Gasteiger partial charge in [0.1, 0.15) is 137 Å². The summed E-state index contributed by atoms with van der Waals surface area (Å²) in [5, 5.41) is 2.25. The summed E-state index contributed by atoms with van der Waals surface area (Å²) in [4.78, 5) is 15.8. The molecule has 0 N–H and O–H groups in total. The third-order valence-electron chi connectivity index (χ3n) is 16.3. The SMILES string of the molecule is [B]c1c([B])c([B])c(-c2c([B])c([B])c(-c3nc(-c4c([B])c([B])c([B])c5c4oc4c([B])c([B])c([B])c([B])c45)nc(-n4c5ccccc5c5ccc6c(c54)-c4ccccc4C64c5ccccc5-c5ccccc54)n3)c([B])c2[B])c([B])c1[B]. The Morgan fingerprint density at radius 1 is 0.316 bits per heavy atom. The number of hydrogen-bond acceptors (Lipinski definition) is 4. The average Bonchev–Trinajstić information content (AvgIpc) is 2.40. The van der Waals surface area contributed by atoms with Gasteiger partial charge in [-0.05, 0) is 56.1 Å². The molecular formula is C58H18B16N4O. The molecule has 2 aliphatic carbocycles. The van der Waals surface area contributed by atoms with Crippen LogP contribution in [0.15, 0.2) is 114 Å². The molecule has 0 unspecified atom stereocenters. The van der Waals surface area contributed by atoms with Crippen LogP contribution >= 0.6 is 0 Å². The molecule has 21 heteroatoms. The van der Waals surface area contributed by atoms with Gasteiger partial charge in [0.25, 0.3) is 0 Å². The van der Waals surface area contributed by atoms with Crippen molar-refractivity contribution in [3.63, 3.8) is 0 Å². The van der Waals surface area contributed by atoms with Crippen LogP contribution in [0.5, 0.6) is 0 Å². The lowest BCUT2D eigenvalue weighted by Gasteiger charge is -2.30. The van der Waals surface area contributed by atoms with E-state index in [4.69, 9.17) is 145 Å². The Bertz CT molecular complexity index is 4730. The molecular weight excluding hydrogens is 942 g/mol. The van der Waals surface area contributed by atoms with E-state index in [0.29, 0.717) is 0 Å². The van der Waals surface area contributed by atoms with E-state index in [0.717, 1.165) is 66.3 Å². The topological polar surface area (TPSA) is 56.7 Å². The molecule has 0 aliphatic heterocycles. The Balaban J connectivity index is 1.14. The minimum Gasteiger partial charge on any atom is -0.456 e. The largest absolute Gasteiger partial charge is 0.456 e. The van der Waals surface area contributed by atoms with Gasteiger partial charge in [-0.2, -0.15) is 9.97 Å². The molecule has 324 valence electrons. The van der Waals surface area contributed by atoms with Crippen molar-refractivity contribution in [1.82, 2.24) is 19.5 Å². The number of para-hydroxylation sites is 1. The molecule has 0 saturated carbocycles. The first kappa shape index (κ1) is 49.9. The van der Waals surface area contributed by atoms with E-state index >= 15 is 0 Å². The van der Waals surface area contributed by atoms with Gasteiger partial charge in [0, 0.05) is 32.7 Å². The van der Waals surface area contributed by atoms with Gasteiger partial charge in [-0.15, -0.1) is 32.8 Å². The monoisotopic (exact) mass is 962 g/mol. The summed E-state index contributed by atoms with van der Waals surface area (Å²) in [5.74, 6) is -0.129. The van der Waals surface area contributed by atoms with E-state index in [1.807, 2.05) is 34.9 Å². The summed E-state index contributed by atoms with van der Waals surface area (Å²) in [6, 6.07) is 38.0. The van der Waals surface area contributed by atoms with Gasteiger partial charge in [-0.3, -0.25) is 4.57 Å². The zero-order valence-electron chi connectivity index (χ0n) is 41.8. The number of aromatic nitrogens is 4. The van der Waals surface area contributed by atoms with Gasteiger partial charge in [0.05, 0.1) is 22.0 Å². The van der Waals surface area contributed by atoms with Crippen LogP contribution in [0.25, 0.3) is 106 Å². The first-order chi connectivity index (χ1) is 37.9. The normalized spacial score (nSPS) is 13.0. The minimum atomic E-state index is -0.713. The summed E-state index contributed by atoms with van der Waals surface area (Å²) < 4.78 is 8.61. The number of furan rings is 1. The molecule has 0 saturated heterocycles. The summed E-state index contributed by atoms with van der Waals surface area (Å²) in [7, 11) is 107. The Morgan fingerprint density at radius 3 is 1.33 bits per heavy atom. The Labute approximate surface area is 476 Å². The number of nitrogens with zero attached hydrogens (tertiary/aromatic N) is 4. The quantitative estimate of drug-likeness (QED) is 0.166. The van der Waals surface area contributed by atoms with Crippen molar-refractivity contribution < 1.29 is 4.42 Å². The van der Waals surface area contributed by atoms with E-state index in [-0.39, 0.29) is 149 Å². The molecule has 0 fully saturated rings. The van der Waals surface area contributed by atoms with E-state index in [2.05, 4.69) is 78.9 Å². The van der Waals surface area contributed by atoms with Crippen molar-refractivity contribution in [2.24, 2.45) is 0 Å². The lowest BCUT2D eigenvalue weighted by Crippen LogP contribution is -2.57. The number of hydrogen-bond donors (Lipinski definition) is 0. The minimum absolute atomic E-state index is 0.000378. The molecule has 3 heterocycles. The highest BCUT2D eigenvalue weighted by atomic mass is 16.3. The van der Waals surface area contributed by atoms with Crippen LogP contribution in [0.1, 0.15) is 22.3 Å². The zero-order chi connectivity index (χ0) is 55.2.